The molecule has 150 valence electrons. The van der Waals surface area contributed by atoms with Gasteiger partial charge in [0.05, 0.1) is 17.9 Å². The van der Waals surface area contributed by atoms with Gasteiger partial charge in [0.15, 0.2) is 5.82 Å². The van der Waals surface area contributed by atoms with Gasteiger partial charge >= 0.3 is 6.18 Å². The van der Waals surface area contributed by atoms with Crippen molar-refractivity contribution in [2.24, 2.45) is 0 Å². The third kappa shape index (κ3) is 4.94. The van der Waals surface area contributed by atoms with E-state index in [1.54, 1.807) is 25.3 Å². The zero-order valence-corrected chi connectivity index (χ0v) is 15.3. The summed E-state index contributed by atoms with van der Waals surface area (Å²) < 4.78 is 38.5. The molecule has 0 radical (unpaired) electrons. The number of nitrogens with zero attached hydrogens (tertiary/aromatic N) is 3. The minimum atomic E-state index is -4.45. The van der Waals surface area contributed by atoms with E-state index in [2.05, 4.69) is 20.3 Å². The Kier molecular flexibility index (Phi) is 5.88. The molecule has 0 spiro atoms. The van der Waals surface area contributed by atoms with E-state index < -0.39 is 23.7 Å². The predicted molar refractivity (Wildman–Crippen MR) is 99.7 cm³/mol. The second-order valence-corrected chi connectivity index (χ2v) is 6.34. The maximum Gasteiger partial charge on any atom is 0.416 e. The summed E-state index contributed by atoms with van der Waals surface area (Å²) in [5.41, 5.74) is 0.473. The van der Waals surface area contributed by atoms with Gasteiger partial charge < -0.3 is 10.4 Å². The van der Waals surface area contributed by atoms with Gasteiger partial charge in [0, 0.05) is 29.6 Å². The van der Waals surface area contributed by atoms with Crippen LogP contribution in [0.3, 0.4) is 0 Å². The van der Waals surface area contributed by atoms with E-state index in [0.717, 1.165) is 12.1 Å². The third-order valence-corrected chi connectivity index (χ3v) is 4.04. The van der Waals surface area contributed by atoms with Crippen molar-refractivity contribution in [1.29, 1.82) is 0 Å². The van der Waals surface area contributed by atoms with Crippen LogP contribution in [-0.2, 0) is 6.18 Å². The fourth-order valence-electron chi connectivity index (χ4n) is 2.51. The van der Waals surface area contributed by atoms with Crippen molar-refractivity contribution in [2.45, 2.75) is 19.1 Å². The molecule has 0 unspecified atom stereocenters. The van der Waals surface area contributed by atoms with E-state index in [1.807, 2.05) is 0 Å². The Balaban J connectivity index is 2.06. The largest absolute Gasteiger partial charge is 0.416 e. The molecule has 1 amide bonds. The van der Waals surface area contributed by atoms with Gasteiger partial charge in [-0.25, -0.2) is 9.97 Å². The van der Waals surface area contributed by atoms with Crippen molar-refractivity contribution < 1.29 is 23.1 Å². The van der Waals surface area contributed by atoms with Crippen LogP contribution in [0.5, 0.6) is 0 Å². The number of nitrogens with one attached hydrogen (secondary N) is 1. The number of carbonyl (C=O) groups excluding carboxylic acids is 1. The molecule has 6 nitrogen and oxygen atoms in total. The van der Waals surface area contributed by atoms with Crippen molar-refractivity contribution in [3.8, 4) is 22.6 Å². The highest BCUT2D eigenvalue weighted by Gasteiger charge is 2.30. The molecule has 2 aromatic heterocycles. The second-order valence-electron chi connectivity index (χ2n) is 6.34. The van der Waals surface area contributed by atoms with Crippen LogP contribution in [0.4, 0.5) is 13.2 Å². The minimum absolute atomic E-state index is 0.0223. The van der Waals surface area contributed by atoms with Crippen LogP contribution in [-0.4, -0.2) is 38.6 Å². The molecule has 0 aliphatic rings. The average Bonchev–Trinajstić information content (AvgIpc) is 2.73. The molecule has 0 saturated heterocycles. The Morgan fingerprint density at radius 1 is 1.14 bits per heavy atom. The van der Waals surface area contributed by atoms with E-state index in [4.69, 9.17) is 5.11 Å². The van der Waals surface area contributed by atoms with E-state index in [0.29, 0.717) is 11.1 Å². The van der Waals surface area contributed by atoms with Crippen molar-refractivity contribution in [3.63, 3.8) is 0 Å². The molecular formula is C20H17F3N4O2. The Hall–Kier alpha value is -3.33. The van der Waals surface area contributed by atoms with Crippen molar-refractivity contribution in [1.82, 2.24) is 20.3 Å². The fourth-order valence-corrected chi connectivity index (χ4v) is 2.51. The Bertz CT molecular complexity index is 993. The molecule has 29 heavy (non-hydrogen) atoms. The van der Waals surface area contributed by atoms with Gasteiger partial charge in [-0.3, -0.25) is 9.78 Å². The molecule has 0 aliphatic heterocycles. The number of aliphatic hydroxyl groups excluding tert-OH is 1. The smallest absolute Gasteiger partial charge is 0.394 e. The first-order valence-corrected chi connectivity index (χ1v) is 8.67. The van der Waals surface area contributed by atoms with E-state index in [9.17, 15) is 18.0 Å². The monoisotopic (exact) mass is 402 g/mol. The van der Waals surface area contributed by atoms with Crippen molar-refractivity contribution in [2.75, 3.05) is 6.61 Å². The molecule has 3 rings (SSSR count). The Morgan fingerprint density at radius 3 is 2.45 bits per heavy atom. The molecule has 1 aromatic carbocycles. The number of hydrogen-bond donors (Lipinski definition) is 2. The summed E-state index contributed by atoms with van der Waals surface area (Å²) in [6, 6.07) is 8.76. The lowest BCUT2D eigenvalue weighted by Gasteiger charge is -2.13. The standard InChI is InChI=1S/C20H17F3N4O2/c1-12(11-28)25-19(29)17-9-16(13-4-6-15(7-5-13)20(21,22)23)26-18(27-17)14-3-2-8-24-10-14/h2-10,12,28H,11H2,1H3,(H,25,29)/t12-/m0/s1. The number of alkyl halides is 3. The van der Waals surface area contributed by atoms with Gasteiger partial charge in [-0.05, 0) is 37.3 Å². The summed E-state index contributed by atoms with van der Waals surface area (Å²) in [4.78, 5) is 25.1. The first-order valence-electron chi connectivity index (χ1n) is 8.67. The average molecular weight is 402 g/mol. The van der Waals surface area contributed by atoms with Gasteiger partial charge in [0.2, 0.25) is 0 Å². The van der Waals surface area contributed by atoms with Crippen LogP contribution in [0.15, 0.2) is 54.9 Å². The SMILES string of the molecule is C[C@@H](CO)NC(=O)c1cc(-c2ccc(C(F)(F)F)cc2)nc(-c2cccnc2)n1. The summed E-state index contributed by atoms with van der Waals surface area (Å²) >= 11 is 0. The zero-order chi connectivity index (χ0) is 21.0. The molecule has 2 N–H and O–H groups in total. The van der Waals surface area contributed by atoms with Gasteiger partial charge in [-0.2, -0.15) is 13.2 Å². The highest BCUT2D eigenvalue weighted by Crippen LogP contribution is 2.31. The van der Waals surface area contributed by atoms with E-state index in [-0.39, 0.29) is 23.8 Å². The molecule has 0 fully saturated rings. The van der Waals surface area contributed by atoms with E-state index >= 15 is 0 Å². The Morgan fingerprint density at radius 2 is 1.86 bits per heavy atom. The maximum atomic E-state index is 12.8. The third-order valence-electron chi connectivity index (χ3n) is 4.04. The quantitative estimate of drug-likeness (QED) is 0.684. The molecule has 0 saturated carbocycles. The number of rotatable bonds is 5. The van der Waals surface area contributed by atoms with Crippen LogP contribution >= 0.6 is 0 Å². The first kappa shape index (κ1) is 20.4. The van der Waals surface area contributed by atoms with Crippen LogP contribution in [0.2, 0.25) is 0 Å². The second kappa shape index (κ2) is 8.36. The summed E-state index contributed by atoms with van der Waals surface area (Å²) in [6.07, 6.45) is -1.36. The molecule has 0 bridgehead atoms. The molecule has 9 heteroatoms. The minimum Gasteiger partial charge on any atom is -0.394 e. The normalized spacial score (nSPS) is 12.4. The molecule has 2 heterocycles. The summed E-state index contributed by atoms with van der Waals surface area (Å²) in [7, 11) is 0. The summed E-state index contributed by atoms with van der Waals surface area (Å²) in [5.74, 6) is -0.329. The van der Waals surface area contributed by atoms with Gasteiger partial charge in [0.1, 0.15) is 5.69 Å². The lowest BCUT2D eigenvalue weighted by Crippen LogP contribution is -2.35. The van der Waals surface area contributed by atoms with Crippen LogP contribution in [0, 0.1) is 0 Å². The zero-order valence-electron chi connectivity index (χ0n) is 15.3. The highest BCUT2D eigenvalue weighted by molar-refractivity contribution is 5.94. The number of pyridine rings is 1. The Labute approximate surface area is 164 Å². The van der Waals surface area contributed by atoms with Crippen molar-refractivity contribution >= 4 is 5.91 Å². The molecule has 1 atom stereocenters. The molecule has 3 aromatic rings. The highest BCUT2D eigenvalue weighted by atomic mass is 19.4. The van der Waals surface area contributed by atoms with Crippen LogP contribution < -0.4 is 5.32 Å². The number of halogens is 3. The lowest BCUT2D eigenvalue weighted by atomic mass is 10.1. The van der Waals surface area contributed by atoms with Gasteiger partial charge in [-0.15, -0.1) is 0 Å². The lowest BCUT2D eigenvalue weighted by molar-refractivity contribution is -0.137. The van der Waals surface area contributed by atoms with Crippen LogP contribution in [0.1, 0.15) is 23.0 Å². The number of benzene rings is 1. The fraction of sp³-hybridized carbons (Fsp3) is 0.200. The topological polar surface area (TPSA) is 88.0 Å². The number of aromatic nitrogens is 3. The van der Waals surface area contributed by atoms with Crippen molar-refractivity contribution in [3.05, 3.63) is 66.1 Å². The number of hydrogen-bond acceptors (Lipinski definition) is 5. The molecule has 0 aliphatic carbocycles. The van der Waals surface area contributed by atoms with Gasteiger partial charge in [0.25, 0.3) is 5.91 Å². The number of carbonyl (C=O) groups is 1. The first-order chi connectivity index (χ1) is 13.8. The predicted octanol–water partition coefficient (Wildman–Crippen LogP) is 3.34. The summed E-state index contributed by atoms with van der Waals surface area (Å²) in [5, 5.41) is 11.7. The summed E-state index contributed by atoms with van der Waals surface area (Å²) in [6.45, 7) is 1.37. The van der Waals surface area contributed by atoms with Gasteiger partial charge in [-0.1, -0.05) is 12.1 Å². The van der Waals surface area contributed by atoms with Crippen LogP contribution in [0.25, 0.3) is 22.6 Å². The number of amides is 1. The van der Waals surface area contributed by atoms with E-state index in [1.165, 1.54) is 24.4 Å². The number of aliphatic hydroxyl groups is 1. The maximum absolute atomic E-state index is 12.8. The molecular weight excluding hydrogens is 385 g/mol.